The van der Waals surface area contributed by atoms with Gasteiger partial charge < -0.3 is 9.80 Å². The SMILES string of the molecule is Cc1cccc(N2CCN(C(=O)CCNS(C)(=O)=O)CC2)c1C. The molecule has 0 bridgehead atoms. The quantitative estimate of drug-likeness (QED) is 0.865. The normalized spacial score (nSPS) is 15.8. The molecule has 1 N–H and O–H groups in total. The number of nitrogens with one attached hydrogen (secondary N) is 1. The highest BCUT2D eigenvalue weighted by Gasteiger charge is 2.22. The summed E-state index contributed by atoms with van der Waals surface area (Å²) in [6.45, 7) is 7.34. The van der Waals surface area contributed by atoms with Gasteiger partial charge >= 0.3 is 0 Å². The Kier molecular flexibility index (Phi) is 5.64. The van der Waals surface area contributed by atoms with Gasteiger partial charge in [-0.25, -0.2) is 13.1 Å². The zero-order chi connectivity index (χ0) is 17.0. The third kappa shape index (κ3) is 4.94. The van der Waals surface area contributed by atoms with Crippen LogP contribution in [0.25, 0.3) is 0 Å². The van der Waals surface area contributed by atoms with E-state index in [1.165, 1.54) is 16.8 Å². The van der Waals surface area contributed by atoms with Gasteiger partial charge in [-0.15, -0.1) is 0 Å². The molecular formula is C16H25N3O3S. The number of benzene rings is 1. The van der Waals surface area contributed by atoms with Crippen LogP contribution in [0.2, 0.25) is 0 Å². The van der Waals surface area contributed by atoms with Crippen molar-refractivity contribution >= 4 is 21.6 Å². The van der Waals surface area contributed by atoms with Crippen LogP contribution in [0, 0.1) is 13.8 Å². The maximum atomic E-state index is 12.1. The molecule has 0 saturated carbocycles. The van der Waals surface area contributed by atoms with E-state index in [4.69, 9.17) is 0 Å². The Morgan fingerprint density at radius 3 is 2.43 bits per heavy atom. The lowest BCUT2D eigenvalue weighted by molar-refractivity contribution is -0.131. The summed E-state index contributed by atoms with van der Waals surface area (Å²) in [7, 11) is -3.23. The van der Waals surface area contributed by atoms with Crippen LogP contribution in [0.1, 0.15) is 17.5 Å². The molecule has 1 aliphatic heterocycles. The maximum absolute atomic E-state index is 12.1. The number of aryl methyl sites for hydroxylation is 1. The van der Waals surface area contributed by atoms with Crippen LogP contribution < -0.4 is 9.62 Å². The van der Waals surface area contributed by atoms with Crippen LogP contribution in [0.15, 0.2) is 18.2 Å². The summed E-state index contributed by atoms with van der Waals surface area (Å²) < 4.78 is 24.4. The standard InChI is InChI=1S/C16H25N3O3S/c1-13-5-4-6-15(14(13)2)18-9-11-19(12-10-18)16(20)7-8-17-23(3,21)22/h4-6,17H,7-12H2,1-3H3. The lowest BCUT2D eigenvalue weighted by atomic mass is 10.1. The first-order valence-corrected chi connectivity index (χ1v) is 9.70. The first kappa shape index (κ1) is 17.7. The van der Waals surface area contributed by atoms with Gasteiger partial charge in [0.15, 0.2) is 0 Å². The molecule has 1 aromatic rings. The molecule has 128 valence electrons. The maximum Gasteiger partial charge on any atom is 0.224 e. The van der Waals surface area contributed by atoms with E-state index in [2.05, 4.69) is 41.7 Å². The highest BCUT2D eigenvalue weighted by atomic mass is 32.2. The Balaban J connectivity index is 1.86. The van der Waals surface area contributed by atoms with Gasteiger partial charge in [0.05, 0.1) is 6.26 Å². The molecule has 0 aromatic heterocycles. The van der Waals surface area contributed by atoms with E-state index in [0.717, 1.165) is 19.3 Å². The molecule has 1 amide bonds. The largest absolute Gasteiger partial charge is 0.368 e. The number of amides is 1. The molecular weight excluding hydrogens is 314 g/mol. The van der Waals surface area contributed by atoms with Crippen LogP contribution in [0.3, 0.4) is 0 Å². The molecule has 6 nitrogen and oxygen atoms in total. The van der Waals surface area contributed by atoms with Gasteiger partial charge in [0, 0.05) is 44.8 Å². The third-order valence-electron chi connectivity index (χ3n) is 4.25. The summed E-state index contributed by atoms with van der Waals surface area (Å²) in [4.78, 5) is 16.2. The molecule has 0 spiro atoms. The minimum atomic E-state index is -3.23. The van der Waals surface area contributed by atoms with Crippen molar-refractivity contribution in [2.75, 3.05) is 43.9 Å². The number of carbonyl (C=O) groups excluding carboxylic acids is 1. The van der Waals surface area contributed by atoms with Crippen molar-refractivity contribution in [3.8, 4) is 0 Å². The number of hydrogen-bond donors (Lipinski definition) is 1. The zero-order valence-corrected chi connectivity index (χ0v) is 14.8. The van der Waals surface area contributed by atoms with Crippen LogP contribution in [-0.2, 0) is 14.8 Å². The second-order valence-electron chi connectivity index (χ2n) is 6.00. The van der Waals surface area contributed by atoms with Crippen LogP contribution in [0.4, 0.5) is 5.69 Å². The molecule has 0 aliphatic carbocycles. The Labute approximate surface area is 138 Å². The van der Waals surface area contributed by atoms with E-state index in [-0.39, 0.29) is 18.9 Å². The minimum absolute atomic E-state index is 0.00163. The summed E-state index contributed by atoms with van der Waals surface area (Å²) in [6.07, 6.45) is 1.30. The molecule has 0 atom stereocenters. The number of piperazine rings is 1. The summed E-state index contributed by atoms with van der Waals surface area (Å²) in [6, 6.07) is 6.29. The summed E-state index contributed by atoms with van der Waals surface area (Å²) in [5.41, 5.74) is 3.79. The number of hydrogen-bond acceptors (Lipinski definition) is 4. The van der Waals surface area contributed by atoms with Crippen molar-refractivity contribution in [2.24, 2.45) is 0 Å². The predicted octanol–water partition coefficient (Wildman–Crippen LogP) is 0.891. The van der Waals surface area contributed by atoms with Gasteiger partial charge in [-0.3, -0.25) is 4.79 Å². The van der Waals surface area contributed by atoms with Crippen LogP contribution >= 0.6 is 0 Å². The van der Waals surface area contributed by atoms with Crippen molar-refractivity contribution in [3.63, 3.8) is 0 Å². The average Bonchev–Trinajstić information content (AvgIpc) is 2.49. The monoisotopic (exact) mass is 339 g/mol. The molecule has 1 aliphatic rings. The fourth-order valence-electron chi connectivity index (χ4n) is 2.78. The van der Waals surface area contributed by atoms with Gasteiger partial charge in [-0.05, 0) is 31.0 Å². The highest BCUT2D eigenvalue weighted by molar-refractivity contribution is 7.88. The van der Waals surface area contributed by atoms with Crippen LogP contribution in [0.5, 0.6) is 0 Å². The number of nitrogens with zero attached hydrogens (tertiary/aromatic N) is 2. The molecule has 7 heteroatoms. The molecule has 0 radical (unpaired) electrons. The van der Waals surface area contributed by atoms with Crippen molar-refractivity contribution < 1.29 is 13.2 Å². The average molecular weight is 339 g/mol. The first-order valence-electron chi connectivity index (χ1n) is 7.81. The summed E-state index contributed by atoms with van der Waals surface area (Å²) in [5.74, 6) is 0.00163. The summed E-state index contributed by atoms with van der Waals surface area (Å²) >= 11 is 0. The molecule has 1 heterocycles. The highest BCUT2D eigenvalue weighted by Crippen LogP contribution is 2.23. The number of carbonyl (C=O) groups is 1. The smallest absolute Gasteiger partial charge is 0.224 e. The van der Waals surface area contributed by atoms with Gasteiger partial charge in [0.25, 0.3) is 0 Å². The number of rotatable bonds is 5. The van der Waals surface area contributed by atoms with Crippen molar-refractivity contribution in [1.29, 1.82) is 0 Å². The van der Waals surface area contributed by atoms with Gasteiger partial charge in [0.1, 0.15) is 0 Å². The topological polar surface area (TPSA) is 69.7 Å². The van der Waals surface area contributed by atoms with E-state index >= 15 is 0 Å². The first-order chi connectivity index (χ1) is 10.8. The van der Waals surface area contributed by atoms with Gasteiger partial charge in [-0.2, -0.15) is 0 Å². The van der Waals surface area contributed by atoms with Crippen molar-refractivity contribution in [3.05, 3.63) is 29.3 Å². The Morgan fingerprint density at radius 1 is 1.17 bits per heavy atom. The van der Waals surface area contributed by atoms with Crippen LogP contribution in [-0.4, -0.2) is 58.2 Å². The fraction of sp³-hybridized carbons (Fsp3) is 0.562. The molecule has 1 fully saturated rings. The minimum Gasteiger partial charge on any atom is -0.368 e. The Bertz CT molecular complexity index is 665. The molecule has 23 heavy (non-hydrogen) atoms. The predicted molar refractivity (Wildman–Crippen MR) is 92.2 cm³/mol. The van der Waals surface area contributed by atoms with E-state index in [9.17, 15) is 13.2 Å². The van der Waals surface area contributed by atoms with E-state index in [1.54, 1.807) is 0 Å². The van der Waals surface area contributed by atoms with E-state index < -0.39 is 10.0 Å². The second-order valence-corrected chi connectivity index (χ2v) is 7.84. The zero-order valence-electron chi connectivity index (χ0n) is 14.0. The molecule has 0 unspecified atom stereocenters. The van der Waals surface area contributed by atoms with Gasteiger partial charge in [-0.1, -0.05) is 12.1 Å². The van der Waals surface area contributed by atoms with Gasteiger partial charge in [0.2, 0.25) is 15.9 Å². The number of anilines is 1. The lowest BCUT2D eigenvalue weighted by Crippen LogP contribution is -2.49. The lowest BCUT2D eigenvalue weighted by Gasteiger charge is -2.37. The molecule has 2 rings (SSSR count). The Hall–Kier alpha value is -1.60. The second kappa shape index (κ2) is 7.31. The third-order valence-corrected chi connectivity index (χ3v) is 4.98. The Morgan fingerprint density at radius 2 is 1.83 bits per heavy atom. The molecule has 1 aromatic carbocycles. The summed E-state index contributed by atoms with van der Waals surface area (Å²) in [5, 5.41) is 0. The van der Waals surface area contributed by atoms with Crippen molar-refractivity contribution in [1.82, 2.24) is 9.62 Å². The fourth-order valence-corrected chi connectivity index (χ4v) is 3.25. The molecule has 1 saturated heterocycles. The number of sulfonamides is 1. The van der Waals surface area contributed by atoms with E-state index in [0.29, 0.717) is 13.1 Å². The van der Waals surface area contributed by atoms with Crippen molar-refractivity contribution in [2.45, 2.75) is 20.3 Å². The van der Waals surface area contributed by atoms with E-state index in [1.807, 2.05) is 4.90 Å².